The molecule has 3 aromatic heterocycles. The Morgan fingerprint density at radius 2 is 2.03 bits per heavy atom. The summed E-state index contributed by atoms with van der Waals surface area (Å²) in [6.07, 6.45) is 9.24. The van der Waals surface area contributed by atoms with Gasteiger partial charge in [0.25, 0.3) is 0 Å². The lowest BCUT2D eigenvalue weighted by atomic mass is 9.73. The van der Waals surface area contributed by atoms with Crippen molar-refractivity contribution in [3.63, 3.8) is 0 Å². The van der Waals surface area contributed by atoms with Crippen molar-refractivity contribution in [3.05, 3.63) is 52.6 Å². The molecule has 2 N–H and O–H groups in total. The van der Waals surface area contributed by atoms with Crippen LogP contribution in [0.1, 0.15) is 49.7 Å². The average molecular weight is 411 g/mol. The van der Waals surface area contributed by atoms with Crippen LogP contribution >= 0.6 is 11.3 Å². The maximum Gasteiger partial charge on any atom is 0.191 e. The van der Waals surface area contributed by atoms with Crippen LogP contribution in [0.4, 0.5) is 0 Å². The van der Waals surface area contributed by atoms with E-state index in [0.717, 1.165) is 43.5 Å². The van der Waals surface area contributed by atoms with E-state index >= 15 is 0 Å². The standard InChI is InChI=1S/C22H30N6S/c1-2-23-21(24-14-11-20-27-26-19-10-4-7-15-28(19)20)25-17-22(12-5-3-6-13-22)18-9-8-16-29-18/h4,7-10,15-16H,2-3,5-6,11-14,17H2,1H3,(H2,23,24,25). The van der Waals surface area contributed by atoms with E-state index in [1.807, 2.05) is 40.1 Å². The van der Waals surface area contributed by atoms with Crippen LogP contribution in [-0.2, 0) is 11.8 Å². The van der Waals surface area contributed by atoms with E-state index in [0.29, 0.717) is 0 Å². The lowest BCUT2D eigenvalue weighted by molar-refractivity contribution is 0.306. The number of rotatable bonds is 7. The van der Waals surface area contributed by atoms with Crippen LogP contribution in [-0.4, -0.2) is 40.2 Å². The summed E-state index contributed by atoms with van der Waals surface area (Å²) in [4.78, 5) is 6.50. The lowest BCUT2D eigenvalue weighted by Gasteiger charge is -2.35. The Kier molecular flexibility index (Phi) is 6.44. The number of hydrogen-bond donors (Lipinski definition) is 2. The summed E-state index contributed by atoms with van der Waals surface area (Å²) in [6, 6.07) is 10.4. The van der Waals surface area contributed by atoms with Crippen molar-refractivity contribution in [1.82, 2.24) is 25.2 Å². The predicted octanol–water partition coefficient (Wildman–Crippen LogP) is 3.79. The van der Waals surface area contributed by atoms with Gasteiger partial charge in [-0.25, -0.2) is 0 Å². The van der Waals surface area contributed by atoms with E-state index in [2.05, 4.69) is 45.3 Å². The molecule has 3 heterocycles. The first-order valence-electron chi connectivity index (χ1n) is 10.7. The molecule has 4 rings (SSSR count). The van der Waals surface area contributed by atoms with Gasteiger partial charge in [-0.2, -0.15) is 0 Å². The molecule has 0 amide bonds. The van der Waals surface area contributed by atoms with E-state index in [9.17, 15) is 0 Å². The first kappa shape index (κ1) is 19.9. The second-order valence-corrected chi connectivity index (χ2v) is 8.68. The van der Waals surface area contributed by atoms with Crippen LogP contribution in [0.25, 0.3) is 5.65 Å². The normalized spacial score (nSPS) is 16.8. The number of hydrogen-bond acceptors (Lipinski definition) is 4. The number of nitrogens with one attached hydrogen (secondary N) is 2. The van der Waals surface area contributed by atoms with Gasteiger partial charge in [-0.15, -0.1) is 21.5 Å². The minimum Gasteiger partial charge on any atom is -0.357 e. The fraction of sp³-hybridized carbons (Fsp3) is 0.500. The Labute approximate surface area is 176 Å². The van der Waals surface area contributed by atoms with Gasteiger partial charge in [-0.1, -0.05) is 31.4 Å². The zero-order chi connectivity index (χ0) is 19.9. The molecule has 1 fully saturated rings. The third-order valence-corrected chi connectivity index (χ3v) is 6.88. The molecular formula is C22H30N6S. The highest BCUT2D eigenvalue weighted by molar-refractivity contribution is 7.10. The Morgan fingerprint density at radius 1 is 1.14 bits per heavy atom. The molecule has 3 aromatic rings. The number of fused-ring (bicyclic) bond motifs is 1. The molecule has 1 saturated carbocycles. The Hall–Kier alpha value is -2.41. The molecule has 0 aromatic carbocycles. The minimum absolute atomic E-state index is 0.206. The van der Waals surface area contributed by atoms with Crippen molar-refractivity contribution < 1.29 is 0 Å². The number of guanidine groups is 1. The molecule has 7 heteroatoms. The van der Waals surface area contributed by atoms with Gasteiger partial charge in [0.15, 0.2) is 11.6 Å². The van der Waals surface area contributed by atoms with Crippen molar-refractivity contribution in [2.24, 2.45) is 4.99 Å². The molecule has 0 saturated heterocycles. The van der Waals surface area contributed by atoms with E-state index in [4.69, 9.17) is 4.99 Å². The topological polar surface area (TPSA) is 66.6 Å². The molecule has 0 aliphatic heterocycles. The summed E-state index contributed by atoms with van der Waals surface area (Å²) >= 11 is 1.88. The SMILES string of the molecule is CCNC(=NCC1(c2cccs2)CCCCC1)NCCc1nnc2ccccn12. The molecule has 1 aliphatic carbocycles. The molecule has 1 aliphatic rings. The monoisotopic (exact) mass is 410 g/mol. The summed E-state index contributed by atoms with van der Waals surface area (Å²) in [7, 11) is 0. The third-order valence-electron chi connectivity index (χ3n) is 5.76. The van der Waals surface area contributed by atoms with Gasteiger partial charge in [-0.05, 0) is 43.3 Å². The Morgan fingerprint density at radius 3 is 2.83 bits per heavy atom. The summed E-state index contributed by atoms with van der Waals surface area (Å²) < 4.78 is 2.04. The van der Waals surface area contributed by atoms with Gasteiger partial charge in [0.2, 0.25) is 0 Å². The predicted molar refractivity (Wildman–Crippen MR) is 120 cm³/mol. The number of nitrogens with zero attached hydrogens (tertiary/aromatic N) is 4. The van der Waals surface area contributed by atoms with Gasteiger partial charge in [0.1, 0.15) is 5.82 Å². The molecule has 6 nitrogen and oxygen atoms in total. The highest BCUT2D eigenvalue weighted by Gasteiger charge is 2.34. The van der Waals surface area contributed by atoms with Crippen LogP contribution in [0.2, 0.25) is 0 Å². The molecule has 0 atom stereocenters. The highest BCUT2D eigenvalue weighted by atomic mass is 32.1. The number of aromatic nitrogens is 3. The zero-order valence-electron chi connectivity index (χ0n) is 17.1. The Balaban J connectivity index is 1.41. The summed E-state index contributed by atoms with van der Waals surface area (Å²) in [5.41, 5.74) is 1.09. The second-order valence-electron chi connectivity index (χ2n) is 7.74. The van der Waals surface area contributed by atoms with Crippen molar-refractivity contribution >= 4 is 22.9 Å². The fourth-order valence-corrected chi connectivity index (χ4v) is 5.20. The van der Waals surface area contributed by atoms with E-state index in [-0.39, 0.29) is 5.41 Å². The zero-order valence-corrected chi connectivity index (χ0v) is 17.9. The summed E-state index contributed by atoms with van der Waals surface area (Å²) in [5.74, 6) is 1.86. The van der Waals surface area contributed by atoms with E-state index in [1.165, 1.54) is 37.0 Å². The second kappa shape index (κ2) is 9.39. The largest absolute Gasteiger partial charge is 0.357 e. The molecule has 154 valence electrons. The van der Waals surface area contributed by atoms with E-state index in [1.54, 1.807) is 0 Å². The van der Waals surface area contributed by atoms with Crippen molar-refractivity contribution in [3.8, 4) is 0 Å². The van der Waals surface area contributed by atoms with Gasteiger partial charge >= 0.3 is 0 Å². The molecular weight excluding hydrogens is 380 g/mol. The fourth-order valence-electron chi connectivity index (χ4n) is 4.22. The van der Waals surface area contributed by atoms with Gasteiger partial charge in [0, 0.05) is 36.0 Å². The van der Waals surface area contributed by atoms with Crippen LogP contribution in [0, 0.1) is 0 Å². The van der Waals surface area contributed by atoms with Crippen LogP contribution in [0.3, 0.4) is 0 Å². The molecule has 0 unspecified atom stereocenters. The Bertz CT molecular complexity index is 924. The molecule has 0 spiro atoms. The number of thiophene rings is 1. The van der Waals surface area contributed by atoms with Gasteiger partial charge in [-0.3, -0.25) is 9.39 Å². The van der Waals surface area contributed by atoms with E-state index < -0.39 is 0 Å². The van der Waals surface area contributed by atoms with Crippen molar-refractivity contribution in [2.45, 2.75) is 50.9 Å². The maximum atomic E-state index is 5.00. The quantitative estimate of drug-likeness (QED) is 0.459. The van der Waals surface area contributed by atoms with Crippen molar-refractivity contribution in [1.29, 1.82) is 0 Å². The smallest absolute Gasteiger partial charge is 0.191 e. The lowest BCUT2D eigenvalue weighted by Crippen LogP contribution is -2.40. The summed E-state index contributed by atoms with van der Waals surface area (Å²) in [5, 5.41) is 17.6. The highest BCUT2D eigenvalue weighted by Crippen LogP contribution is 2.41. The number of pyridine rings is 1. The van der Waals surface area contributed by atoms with Crippen LogP contribution < -0.4 is 10.6 Å². The maximum absolute atomic E-state index is 5.00. The van der Waals surface area contributed by atoms with Crippen LogP contribution in [0.15, 0.2) is 46.9 Å². The summed E-state index contributed by atoms with van der Waals surface area (Å²) in [6.45, 7) is 4.58. The van der Waals surface area contributed by atoms with Crippen molar-refractivity contribution in [2.75, 3.05) is 19.6 Å². The molecule has 29 heavy (non-hydrogen) atoms. The van der Waals surface area contributed by atoms with Crippen LogP contribution in [0.5, 0.6) is 0 Å². The first-order valence-corrected chi connectivity index (χ1v) is 11.5. The van der Waals surface area contributed by atoms with Gasteiger partial charge < -0.3 is 10.6 Å². The minimum atomic E-state index is 0.206. The molecule has 0 bridgehead atoms. The van der Waals surface area contributed by atoms with Gasteiger partial charge in [0.05, 0.1) is 6.54 Å². The average Bonchev–Trinajstić information content (AvgIpc) is 3.44. The first-order chi connectivity index (χ1) is 14.3. The third kappa shape index (κ3) is 4.61. The molecule has 0 radical (unpaired) electrons. The number of aliphatic imine (C=N–C) groups is 1.